The number of nitrogen functional groups attached to an aromatic ring is 1. The number of rotatable bonds is 4. The van der Waals surface area contributed by atoms with Gasteiger partial charge < -0.3 is 15.2 Å². The lowest BCUT2D eigenvalue weighted by Gasteiger charge is -2.14. The number of anilines is 1. The van der Waals surface area contributed by atoms with E-state index in [-0.39, 0.29) is 17.1 Å². The Labute approximate surface area is 108 Å². The zero-order chi connectivity index (χ0) is 14.0. The molecule has 0 spiro atoms. The van der Waals surface area contributed by atoms with E-state index >= 15 is 0 Å². The summed E-state index contributed by atoms with van der Waals surface area (Å²) in [6.07, 6.45) is -2.61. The highest BCUT2D eigenvalue weighted by Gasteiger charge is 2.19. The Morgan fingerprint density at radius 1 is 1.21 bits per heavy atom. The second-order valence-electron chi connectivity index (χ2n) is 3.81. The number of benzene rings is 1. The molecule has 0 amide bonds. The second-order valence-corrected chi connectivity index (χ2v) is 3.81. The first kappa shape index (κ1) is 13.1. The van der Waals surface area contributed by atoms with Crippen LogP contribution in [-0.2, 0) is 0 Å². The third kappa shape index (κ3) is 2.44. The van der Waals surface area contributed by atoms with E-state index in [1.165, 1.54) is 32.4 Å². The molecule has 0 saturated carbocycles. The summed E-state index contributed by atoms with van der Waals surface area (Å²) in [5, 5.41) is 6.43. The van der Waals surface area contributed by atoms with Gasteiger partial charge in [-0.25, -0.2) is 8.78 Å². The minimum atomic E-state index is -2.61. The Balaban J connectivity index is 2.65. The molecule has 3 N–H and O–H groups in total. The Bertz CT molecular complexity index is 584. The van der Waals surface area contributed by atoms with Crippen molar-refractivity contribution in [1.29, 1.82) is 0 Å². The molecule has 1 aromatic heterocycles. The molecule has 102 valence electrons. The fraction of sp³-hybridized carbons (Fsp3) is 0.250. The van der Waals surface area contributed by atoms with Crippen molar-refractivity contribution in [3.63, 3.8) is 0 Å². The topological polar surface area (TPSA) is 73.2 Å². The van der Waals surface area contributed by atoms with E-state index in [2.05, 4.69) is 10.2 Å². The van der Waals surface area contributed by atoms with Crippen LogP contribution in [0.15, 0.2) is 18.2 Å². The van der Waals surface area contributed by atoms with Crippen LogP contribution >= 0.6 is 0 Å². The number of methoxy groups -OCH3 is 2. The molecule has 0 aliphatic carbocycles. The number of ether oxygens (including phenoxy) is 2. The Kier molecular flexibility index (Phi) is 3.55. The minimum absolute atomic E-state index is 0.166. The van der Waals surface area contributed by atoms with Crippen molar-refractivity contribution in [3.05, 3.63) is 23.8 Å². The van der Waals surface area contributed by atoms with Crippen LogP contribution in [-0.4, -0.2) is 24.4 Å². The standard InChI is InChI=1S/C12H13F2N3O2/c1-18-9-4-6(12(13)14)3-7(11(9)19-2)8-5-10(15)17-16-8/h3-5,12H,1-2H3,(H3,15,16,17). The Morgan fingerprint density at radius 2 is 1.95 bits per heavy atom. The maximum atomic E-state index is 12.9. The molecule has 7 heteroatoms. The van der Waals surface area contributed by atoms with E-state index in [0.29, 0.717) is 17.0 Å². The Morgan fingerprint density at radius 3 is 2.42 bits per heavy atom. The lowest BCUT2D eigenvalue weighted by atomic mass is 10.1. The zero-order valence-corrected chi connectivity index (χ0v) is 10.4. The molecule has 0 unspecified atom stereocenters. The van der Waals surface area contributed by atoms with Gasteiger partial charge in [0, 0.05) is 17.2 Å². The smallest absolute Gasteiger partial charge is 0.264 e. The van der Waals surface area contributed by atoms with Crippen LogP contribution in [0, 0.1) is 0 Å². The van der Waals surface area contributed by atoms with Crippen molar-refractivity contribution < 1.29 is 18.3 Å². The molecule has 0 radical (unpaired) electrons. The van der Waals surface area contributed by atoms with E-state index in [0.717, 1.165) is 0 Å². The lowest BCUT2D eigenvalue weighted by molar-refractivity contribution is 0.151. The summed E-state index contributed by atoms with van der Waals surface area (Å²) in [5.74, 6) is 0.831. The number of nitrogens with two attached hydrogens (primary N) is 1. The normalized spacial score (nSPS) is 10.8. The molecule has 1 aromatic carbocycles. The molecule has 19 heavy (non-hydrogen) atoms. The van der Waals surface area contributed by atoms with Gasteiger partial charge in [-0.3, -0.25) is 5.10 Å². The van der Waals surface area contributed by atoms with Crippen molar-refractivity contribution in [3.8, 4) is 22.8 Å². The molecule has 0 atom stereocenters. The molecule has 0 aliphatic heterocycles. The number of halogens is 2. The van der Waals surface area contributed by atoms with Crippen molar-refractivity contribution in [2.24, 2.45) is 0 Å². The minimum Gasteiger partial charge on any atom is -0.493 e. The Hall–Kier alpha value is -2.31. The third-order valence-electron chi connectivity index (χ3n) is 2.64. The van der Waals surface area contributed by atoms with Gasteiger partial charge in [0.05, 0.1) is 19.9 Å². The predicted octanol–water partition coefficient (Wildman–Crippen LogP) is 2.61. The van der Waals surface area contributed by atoms with Crippen molar-refractivity contribution in [2.45, 2.75) is 6.43 Å². The van der Waals surface area contributed by atoms with E-state index < -0.39 is 6.43 Å². The van der Waals surface area contributed by atoms with Crippen LogP contribution in [0.1, 0.15) is 12.0 Å². The number of alkyl halides is 2. The van der Waals surface area contributed by atoms with Gasteiger partial charge in [0.2, 0.25) is 0 Å². The summed E-state index contributed by atoms with van der Waals surface area (Å²) < 4.78 is 36.0. The third-order valence-corrected chi connectivity index (χ3v) is 2.64. The van der Waals surface area contributed by atoms with Gasteiger partial charge in [-0.15, -0.1) is 0 Å². The van der Waals surface area contributed by atoms with Gasteiger partial charge in [-0.2, -0.15) is 5.10 Å². The average Bonchev–Trinajstić information content (AvgIpc) is 2.83. The fourth-order valence-corrected chi connectivity index (χ4v) is 1.79. The van der Waals surface area contributed by atoms with Gasteiger partial charge in [-0.05, 0) is 12.1 Å². The molecule has 5 nitrogen and oxygen atoms in total. The lowest BCUT2D eigenvalue weighted by Crippen LogP contribution is -1.97. The predicted molar refractivity (Wildman–Crippen MR) is 66.5 cm³/mol. The molecule has 0 aliphatic rings. The maximum absolute atomic E-state index is 12.9. The molecular weight excluding hydrogens is 256 g/mol. The van der Waals surface area contributed by atoms with Crippen LogP contribution in [0.3, 0.4) is 0 Å². The average molecular weight is 269 g/mol. The molecule has 2 rings (SSSR count). The number of nitrogens with one attached hydrogen (secondary N) is 1. The number of aromatic nitrogens is 2. The molecule has 2 aromatic rings. The van der Waals surface area contributed by atoms with E-state index in [1.807, 2.05) is 0 Å². The zero-order valence-electron chi connectivity index (χ0n) is 10.4. The summed E-state index contributed by atoms with van der Waals surface area (Å²) in [5.41, 5.74) is 6.25. The summed E-state index contributed by atoms with van der Waals surface area (Å²) in [7, 11) is 2.82. The fourth-order valence-electron chi connectivity index (χ4n) is 1.79. The first-order chi connectivity index (χ1) is 9.06. The molecular formula is C12H13F2N3O2. The SMILES string of the molecule is COc1cc(C(F)F)cc(-c2cc(N)n[nH]2)c1OC. The van der Waals surface area contributed by atoms with Crippen LogP contribution in [0.25, 0.3) is 11.3 Å². The van der Waals surface area contributed by atoms with Crippen LogP contribution in [0.2, 0.25) is 0 Å². The number of nitrogens with zero attached hydrogens (tertiary/aromatic N) is 1. The molecule has 0 saturated heterocycles. The highest BCUT2D eigenvalue weighted by atomic mass is 19.3. The maximum Gasteiger partial charge on any atom is 0.264 e. The van der Waals surface area contributed by atoms with Crippen LogP contribution < -0.4 is 15.2 Å². The monoisotopic (exact) mass is 269 g/mol. The first-order valence-electron chi connectivity index (χ1n) is 5.42. The van der Waals surface area contributed by atoms with Crippen LogP contribution in [0.4, 0.5) is 14.6 Å². The summed E-state index contributed by atoms with van der Waals surface area (Å²) in [4.78, 5) is 0. The largest absolute Gasteiger partial charge is 0.493 e. The van der Waals surface area contributed by atoms with E-state index in [4.69, 9.17) is 15.2 Å². The van der Waals surface area contributed by atoms with Crippen molar-refractivity contribution in [1.82, 2.24) is 10.2 Å². The number of hydrogen-bond donors (Lipinski definition) is 2. The van der Waals surface area contributed by atoms with E-state index in [1.54, 1.807) is 0 Å². The van der Waals surface area contributed by atoms with Gasteiger partial charge >= 0.3 is 0 Å². The second kappa shape index (κ2) is 5.13. The summed E-state index contributed by atoms with van der Waals surface area (Å²) >= 11 is 0. The molecule has 0 bridgehead atoms. The van der Waals surface area contributed by atoms with Gasteiger partial charge in [0.1, 0.15) is 5.82 Å². The number of H-pyrrole nitrogens is 1. The van der Waals surface area contributed by atoms with E-state index in [9.17, 15) is 8.78 Å². The van der Waals surface area contributed by atoms with Crippen molar-refractivity contribution >= 4 is 5.82 Å². The summed E-state index contributed by atoms with van der Waals surface area (Å²) in [6, 6.07) is 4.10. The van der Waals surface area contributed by atoms with Gasteiger partial charge in [0.25, 0.3) is 6.43 Å². The number of aromatic amines is 1. The van der Waals surface area contributed by atoms with Gasteiger partial charge in [-0.1, -0.05) is 0 Å². The van der Waals surface area contributed by atoms with Crippen LogP contribution in [0.5, 0.6) is 11.5 Å². The number of hydrogen-bond acceptors (Lipinski definition) is 4. The highest BCUT2D eigenvalue weighted by molar-refractivity contribution is 5.73. The molecule has 1 heterocycles. The quantitative estimate of drug-likeness (QED) is 0.894. The first-order valence-corrected chi connectivity index (χ1v) is 5.42. The summed E-state index contributed by atoms with van der Waals surface area (Å²) in [6.45, 7) is 0. The van der Waals surface area contributed by atoms with Gasteiger partial charge in [0.15, 0.2) is 11.5 Å². The molecule has 0 fully saturated rings. The highest BCUT2D eigenvalue weighted by Crippen LogP contribution is 2.40. The van der Waals surface area contributed by atoms with Crippen molar-refractivity contribution in [2.75, 3.05) is 20.0 Å².